The minimum absolute atomic E-state index is 0.0539. The molecule has 0 saturated heterocycles. The van der Waals surface area contributed by atoms with Crippen molar-refractivity contribution < 1.29 is 19.4 Å². The molecule has 0 rings (SSSR count). The minimum atomic E-state index is -0.577. The maximum atomic E-state index is 11.2. The highest BCUT2D eigenvalue weighted by atomic mass is 16.6. The zero-order valence-corrected chi connectivity index (χ0v) is 17.4. The molecule has 0 aromatic carbocycles. The smallest absolute Gasteiger partial charge is 0.408 e. The van der Waals surface area contributed by atoms with Crippen LogP contribution in [0.1, 0.15) is 55.4 Å². The molecule has 0 saturated carbocycles. The molecule has 0 aromatic heterocycles. The first-order chi connectivity index (χ1) is 11.5. The van der Waals surface area contributed by atoms with Gasteiger partial charge in [0, 0.05) is 13.7 Å². The van der Waals surface area contributed by atoms with Crippen molar-refractivity contribution in [2.24, 2.45) is 5.92 Å². The van der Waals surface area contributed by atoms with Gasteiger partial charge in [-0.15, -0.1) is 0 Å². The van der Waals surface area contributed by atoms with E-state index in [1.807, 2.05) is 32.9 Å². The van der Waals surface area contributed by atoms with E-state index in [2.05, 4.69) is 30.6 Å². The van der Waals surface area contributed by atoms with E-state index in [0.29, 0.717) is 12.5 Å². The topological polar surface area (TPSA) is 87.7 Å². The summed E-state index contributed by atoms with van der Waals surface area (Å²) in [7, 11) is 1.00. The van der Waals surface area contributed by atoms with E-state index in [0.717, 1.165) is 7.11 Å². The standard InChI is InChI=1S/C11H22N2O3.C7H12.CH4O/c1-8(2)6-12-9(14)7-13-10(15)16-11(3,4)5;1-4-5-6-7(2)3;1-2/h8H,6-7H2,1-5H3,(H,12,14)(H,13,15);4-6H,1-3H3;2H,1H3/b;5-4-;. The molecule has 0 spiro atoms. The number of ether oxygens (including phenoxy) is 1. The van der Waals surface area contributed by atoms with Crippen molar-refractivity contribution in [3.8, 4) is 0 Å². The molecule has 0 atom stereocenters. The predicted molar refractivity (Wildman–Crippen MR) is 104 cm³/mol. The highest BCUT2D eigenvalue weighted by Gasteiger charge is 2.16. The van der Waals surface area contributed by atoms with Crippen LogP contribution in [0.3, 0.4) is 0 Å². The van der Waals surface area contributed by atoms with Gasteiger partial charge in [-0.25, -0.2) is 4.79 Å². The van der Waals surface area contributed by atoms with Crippen LogP contribution in [-0.2, 0) is 9.53 Å². The molecule has 0 aromatic rings. The Morgan fingerprint density at radius 1 is 1.12 bits per heavy atom. The Hall–Kier alpha value is -1.82. The van der Waals surface area contributed by atoms with Gasteiger partial charge in [-0.3, -0.25) is 4.79 Å². The van der Waals surface area contributed by atoms with Crippen molar-refractivity contribution in [3.63, 3.8) is 0 Å². The van der Waals surface area contributed by atoms with Crippen LogP contribution in [0.25, 0.3) is 0 Å². The number of aliphatic hydroxyl groups is 1. The van der Waals surface area contributed by atoms with Crippen molar-refractivity contribution in [1.82, 2.24) is 10.6 Å². The molecule has 0 heterocycles. The molecule has 2 amide bonds. The molecule has 0 fully saturated rings. The van der Waals surface area contributed by atoms with Crippen molar-refractivity contribution in [2.75, 3.05) is 20.2 Å². The number of amides is 2. The molecule has 0 aliphatic rings. The van der Waals surface area contributed by atoms with Gasteiger partial charge in [0.1, 0.15) is 5.60 Å². The van der Waals surface area contributed by atoms with Gasteiger partial charge in [-0.2, -0.15) is 0 Å². The summed E-state index contributed by atoms with van der Waals surface area (Å²) in [5.41, 5.74) is 0.802. The SMILES string of the molecule is C/C=C\C=C(C)C.CC(C)CNC(=O)CNC(=O)OC(C)(C)C.CO. The Morgan fingerprint density at radius 2 is 1.64 bits per heavy atom. The van der Waals surface area contributed by atoms with E-state index in [4.69, 9.17) is 9.84 Å². The zero-order chi connectivity index (χ0) is 20.5. The second-order valence-corrected chi connectivity index (χ2v) is 6.82. The average Bonchev–Trinajstić information content (AvgIpc) is 2.49. The first-order valence-electron chi connectivity index (χ1n) is 8.42. The van der Waals surface area contributed by atoms with Crippen LogP contribution in [-0.4, -0.2) is 42.9 Å². The lowest BCUT2D eigenvalue weighted by Gasteiger charge is -2.19. The first-order valence-corrected chi connectivity index (χ1v) is 8.42. The van der Waals surface area contributed by atoms with Gasteiger partial charge in [0.15, 0.2) is 0 Å². The lowest BCUT2D eigenvalue weighted by molar-refractivity contribution is -0.120. The summed E-state index contributed by atoms with van der Waals surface area (Å²) in [5.74, 6) is 0.185. The highest BCUT2D eigenvalue weighted by Crippen LogP contribution is 2.05. The van der Waals surface area contributed by atoms with E-state index < -0.39 is 11.7 Å². The summed E-state index contributed by atoms with van der Waals surface area (Å²) >= 11 is 0. The summed E-state index contributed by atoms with van der Waals surface area (Å²) in [6.45, 7) is 16.0. The van der Waals surface area contributed by atoms with Gasteiger partial charge in [0.2, 0.25) is 5.91 Å². The Labute approximate surface area is 153 Å². The lowest BCUT2D eigenvalue weighted by atomic mass is 10.2. The van der Waals surface area contributed by atoms with Crippen LogP contribution in [0.15, 0.2) is 23.8 Å². The van der Waals surface area contributed by atoms with E-state index in [1.54, 1.807) is 20.8 Å². The number of hydrogen-bond donors (Lipinski definition) is 3. The Morgan fingerprint density at radius 3 is 1.96 bits per heavy atom. The number of allylic oxidation sites excluding steroid dienone is 4. The predicted octanol–water partition coefficient (Wildman–Crippen LogP) is 3.42. The van der Waals surface area contributed by atoms with Crippen LogP contribution in [0.4, 0.5) is 4.79 Å². The Kier molecular flexibility index (Phi) is 19.1. The summed E-state index contributed by atoms with van der Waals surface area (Å²) < 4.78 is 4.98. The third kappa shape index (κ3) is 30.6. The molecule has 0 unspecified atom stereocenters. The summed E-state index contributed by atoms with van der Waals surface area (Å²) in [4.78, 5) is 22.4. The molecule has 6 nitrogen and oxygen atoms in total. The molecule has 0 bridgehead atoms. The first kappa shape index (κ1) is 28.0. The molecular weight excluding hydrogens is 320 g/mol. The monoisotopic (exact) mass is 358 g/mol. The van der Waals surface area contributed by atoms with Crippen LogP contribution in [0, 0.1) is 5.92 Å². The van der Waals surface area contributed by atoms with Crippen LogP contribution < -0.4 is 10.6 Å². The normalized spacial score (nSPS) is 10.0. The molecule has 0 radical (unpaired) electrons. The number of nitrogens with one attached hydrogen (secondary N) is 2. The Bertz CT molecular complexity index is 404. The van der Waals surface area contributed by atoms with Crippen LogP contribution >= 0.6 is 0 Å². The maximum absolute atomic E-state index is 11.2. The summed E-state index contributed by atoms with van der Waals surface area (Å²) in [6.07, 6.45) is 5.56. The molecule has 148 valence electrons. The fraction of sp³-hybridized carbons (Fsp3) is 0.684. The molecule has 0 aliphatic heterocycles. The van der Waals surface area contributed by atoms with Gasteiger partial charge in [-0.05, 0) is 47.5 Å². The van der Waals surface area contributed by atoms with Gasteiger partial charge in [0.25, 0.3) is 0 Å². The van der Waals surface area contributed by atoms with Crippen molar-refractivity contribution in [2.45, 2.75) is 61.0 Å². The van der Waals surface area contributed by atoms with Gasteiger partial charge in [-0.1, -0.05) is 37.6 Å². The van der Waals surface area contributed by atoms with Crippen LogP contribution in [0.2, 0.25) is 0 Å². The number of aliphatic hydroxyl groups excluding tert-OH is 1. The number of alkyl carbamates (subject to hydrolysis) is 1. The van der Waals surface area contributed by atoms with Gasteiger partial charge < -0.3 is 20.5 Å². The van der Waals surface area contributed by atoms with Crippen molar-refractivity contribution >= 4 is 12.0 Å². The van der Waals surface area contributed by atoms with Crippen molar-refractivity contribution in [3.05, 3.63) is 23.8 Å². The second kappa shape index (κ2) is 17.0. The van der Waals surface area contributed by atoms with E-state index >= 15 is 0 Å². The quantitative estimate of drug-likeness (QED) is 0.657. The summed E-state index contributed by atoms with van der Waals surface area (Å²) in [6, 6.07) is 0. The number of rotatable bonds is 5. The number of hydrogen-bond acceptors (Lipinski definition) is 4. The van der Waals surface area contributed by atoms with Gasteiger partial charge in [0.05, 0.1) is 6.54 Å². The largest absolute Gasteiger partial charge is 0.444 e. The molecular formula is C19H38N2O4. The second-order valence-electron chi connectivity index (χ2n) is 6.82. The van der Waals surface area contributed by atoms with Gasteiger partial charge >= 0.3 is 6.09 Å². The fourth-order valence-electron chi connectivity index (χ4n) is 1.14. The van der Waals surface area contributed by atoms with E-state index in [9.17, 15) is 9.59 Å². The minimum Gasteiger partial charge on any atom is -0.444 e. The zero-order valence-electron chi connectivity index (χ0n) is 17.4. The average molecular weight is 359 g/mol. The summed E-state index contributed by atoms with van der Waals surface area (Å²) in [5, 5.41) is 12.1. The molecule has 3 N–H and O–H groups in total. The highest BCUT2D eigenvalue weighted by molar-refractivity contribution is 5.82. The molecule has 25 heavy (non-hydrogen) atoms. The maximum Gasteiger partial charge on any atom is 0.408 e. The molecule has 6 heteroatoms. The third-order valence-electron chi connectivity index (χ3n) is 2.12. The Balaban J connectivity index is -0.000000450. The fourth-order valence-corrected chi connectivity index (χ4v) is 1.14. The van der Waals surface area contributed by atoms with Crippen LogP contribution in [0.5, 0.6) is 0 Å². The lowest BCUT2D eigenvalue weighted by Crippen LogP contribution is -2.40. The number of carbonyl (C=O) groups excluding carboxylic acids is 2. The number of carbonyl (C=O) groups is 2. The van der Waals surface area contributed by atoms with E-state index in [-0.39, 0.29) is 12.5 Å². The van der Waals surface area contributed by atoms with E-state index in [1.165, 1.54) is 5.57 Å². The third-order valence-corrected chi connectivity index (χ3v) is 2.12. The van der Waals surface area contributed by atoms with Crippen molar-refractivity contribution in [1.29, 1.82) is 0 Å². The molecule has 0 aliphatic carbocycles.